The van der Waals surface area contributed by atoms with E-state index in [-0.39, 0.29) is 0 Å². The number of rotatable bonds is 9. The Bertz CT molecular complexity index is 2070. The van der Waals surface area contributed by atoms with Crippen molar-refractivity contribution in [1.29, 1.82) is 0 Å². The van der Waals surface area contributed by atoms with Crippen LogP contribution in [0.25, 0.3) is 27.8 Å². The molecule has 0 N–H and O–H groups in total. The van der Waals surface area contributed by atoms with Crippen molar-refractivity contribution < 1.29 is 4.57 Å². The van der Waals surface area contributed by atoms with Gasteiger partial charge in [-0.1, -0.05) is 75.7 Å². The van der Waals surface area contributed by atoms with Crippen molar-refractivity contribution >= 4 is 44.8 Å². The summed E-state index contributed by atoms with van der Waals surface area (Å²) in [4.78, 5) is 5.11. The first-order chi connectivity index (χ1) is 22.7. The summed E-state index contributed by atoms with van der Waals surface area (Å²) in [6.07, 6.45) is 1.07. The van der Waals surface area contributed by atoms with Crippen LogP contribution in [0.3, 0.4) is 0 Å². The molecule has 0 saturated carbocycles. The number of aromatic nitrogens is 2. The topological polar surface area (TPSA) is 66.2 Å². The van der Waals surface area contributed by atoms with Crippen LogP contribution in [0.1, 0.15) is 49.9 Å². The highest BCUT2D eigenvalue weighted by molar-refractivity contribution is 5.87. The van der Waals surface area contributed by atoms with Gasteiger partial charge in [0.25, 0.3) is 0 Å². The molecule has 6 heteroatoms. The predicted octanol–water partition coefficient (Wildman–Crippen LogP) is 11.9. The molecule has 6 nitrogen and oxygen atoms in total. The first kappa shape index (κ1) is 31.9. The molecule has 1 aromatic heterocycles. The Kier molecular flexibility index (Phi) is 9.30. The summed E-state index contributed by atoms with van der Waals surface area (Å²) in [6, 6.07) is 35.3. The van der Waals surface area contributed by atoms with Gasteiger partial charge in [0.15, 0.2) is 0 Å². The van der Waals surface area contributed by atoms with E-state index in [1.165, 1.54) is 11.1 Å². The fourth-order valence-corrected chi connectivity index (χ4v) is 6.25. The van der Waals surface area contributed by atoms with E-state index in [0.717, 1.165) is 68.1 Å². The van der Waals surface area contributed by atoms with Crippen LogP contribution in [0.2, 0.25) is 0 Å². The monoisotopic (exact) mass is 619 g/mol. The highest BCUT2D eigenvalue weighted by atomic mass is 15.1. The number of benzene rings is 5. The molecule has 0 aliphatic rings. The van der Waals surface area contributed by atoms with E-state index in [0.29, 0.717) is 17.8 Å². The van der Waals surface area contributed by atoms with E-state index in [4.69, 9.17) is 10.1 Å². The molecule has 5 aromatic carbocycles. The minimum atomic E-state index is 0.647. The van der Waals surface area contributed by atoms with Gasteiger partial charge in [0.1, 0.15) is 11.0 Å². The smallest absolute Gasteiger partial charge is 0.235 e. The van der Waals surface area contributed by atoms with Crippen molar-refractivity contribution in [1.82, 2.24) is 4.98 Å². The molecule has 0 aliphatic heterocycles. The minimum Gasteiger partial charge on any atom is -0.235 e. The van der Waals surface area contributed by atoms with Crippen LogP contribution in [-0.4, -0.2) is 4.98 Å². The SMILES string of the molecule is Cc1ccc(N=Nc2cc3c(cc2C)nc2cc(C)c(N=Nc4ccc(CC(C(C)C)C(C)C)cc4)cc2[n+]3-c2ccccc2)cc1. The van der Waals surface area contributed by atoms with Gasteiger partial charge in [-0.3, -0.25) is 0 Å². The first-order valence-electron chi connectivity index (χ1n) is 16.5. The Morgan fingerprint density at radius 2 is 1.06 bits per heavy atom. The van der Waals surface area contributed by atoms with E-state index >= 15 is 0 Å². The van der Waals surface area contributed by atoms with Gasteiger partial charge >= 0.3 is 0 Å². The van der Waals surface area contributed by atoms with Crippen molar-refractivity contribution in [3.05, 3.63) is 125 Å². The van der Waals surface area contributed by atoms with Crippen LogP contribution in [0.4, 0.5) is 22.7 Å². The molecule has 47 heavy (non-hydrogen) atoms. The number of aryl methyl sites for hydroxylation is 3. The first-order valence-corrected chi connectivity index (χ1v) is 16.5. The van der Waals surface area contributed by atoms with Crippen LogP contribution >= 0.6 is 0 Å². The Morgan fingerprint density at radius 3 is 1.55 bits per heavy atom. The lowest BCUT2D eigenvalue weighted by atomic mass is 9.81. The maximum atomic E-state index is 5.11. The molecule has 0 amide bonds. The normalized spacial score (nSPS) is 12.2. The van der Waals surface area contributed by atoms with Crippen LogP contribution in [0, 0.1) is 38.5 Å². The second kappa shape index (κ2) is 13.7. The average Bonchev–Trinajstić information content (AvgIpc) is 3.06. The zero-order chi connectivity index (χ0) is 33.1. The third-order valence-corrected chi connectivity index (χ3v) is 9.02. The highest BCUT2D eigenvalue weighted by Crippen LogP contribution is 2.31. The number of fused-ring (bicyclic) bond motifs is 2. The van der Waals surface area contributed by atoms with E-state index in [2.05, 4.69) is 141 Å². The van der Waals surface area contributed by atoms with Gasteiger partial charge in [-0.25, -0.2) is 4.98 Å². The number of para-hydroxylation sites is 1. The molecule has 6 aromatic rings. The Hall–Kier alpha value is -5.10. The molecule has 0 radical (unpaired) electrons. The molecular weight excluding hydrogens is 576 g/mol. The van der Waals surface area contributed by atoms with Crippen molar-refractivity contribution in [3.8, 4) is 5.69 Å². The Morgan fingerprint density at radius 1 is 0.574 bits per heavy atom. The summed E-state index contributed by atoms with van der Waals surface area (Å²) in [5.74, 6) is 1.95. The molecule has 0 saturated heterocycles. The van der Waals surface area contributed by atoms with Crippen LogP contribution in [0.15, 0.2) is 124 Å². The third-order valence-electron chi connectivity index (χ3n) is 9.02. The van der Waals surface area contributed by atoms with E-state index in [1.807, 2.05) is 30.3 Å². The van der Waals surface area contributed by atoms with Crippen molar-refractivity contribution in [3.63, 3.8) is 0 Å². The van der Waals surface area contributed by atoms with Gasteiger partial charge in [-0.2, -0.15) is 20.5 Å². The van der Waals surface area contributed by atoms with E-state index in [9.17, 15) is 0 Å². The standard InChI is InChI=1S/C41H43N6/c1-26(2)35(27(3)4)23-31-15-19-33(20-16-31)44-46-37-25-41-39(22-30(37)7)42-38-21-29(6)36(45-43-32-17-13-28(5)14-18-32)24-40(38)47(41)34-11-9-8-10-12-34/h8-22,24-27,35H,23H2,1-7H3/q+1. The van der Waals surface area contributed by atoms with Gasteiger partial charge in [0.2, 0.25) is 16.7 Å². The van der Waals surface area contributed by atoms with Crippen molar-refractivity contribution in [2.24, 2.45) is 38.2 Å². The largest absolute Gasteiger partial charge is 0.239 e. The highest BCUT2D eigenvalue weighted by Gasteiger charge is 2.22. The lowest BCUT2D eigenvalue weighted by molar-refractivity contribution is -0.538. The predicted molar refractivity (Wildman–Crippen MR) is 193 cm³/mol. The van der Waals surface area contributed by atoms with E-state index in [1.54, 1.807) is 0 Å². The minimum absolute atomic E-state index is 0.647. The van der Waals surface area contributed by atoms with Crippen molar-refractivity contribution in [2.45, 2.75) is 54.9 Å². The molecular formula is C41H43N6+. The Balaban J connectivity index is 1.41. The van der Waals surface area contributed by atoms with E-state index < -0.39 is 0 Å². The van der Waals surface area contributed by atoms with Crippen LogP contribution in [-0.2, 0) is 6.42 Å². The maximum absolute atomic E-state index is 5.11. The van der Waals surface area contributed by atoms with Crippen LogP contribution in [0.5, 0.6) is 0 Å². The number of azo groups is 2. The molecule has 0 fully saturated rings. The zero-order valence-electron chi connectivity index (χ0n) is 28.4. The second-order valence-electron chi connectivity index (χ2n) is 13.3. The second-order valence-corrected chi connectivity index (χ2v) is 13.3. The summed E-state index contributed by atoms with van der Waals surface area (Å²) in [5.41, 5.74) is 12.5. The summed E-state index contributed by atoms with van der Waals surface area (Å²) >= 11 is 0. The van der Waals surface area contributed by atoms with Crippen molar-refractivity contribution in [2.75, 3.05) is 0 Å². The number of hydrogen-bond acceptors (Lipinski definition) is 5. The van der Waals surface area contributed by atoms with Gasteiger partial charge in [0.05, 0.1) is 22.7 Å². The molecule has 0 atom stereocenters. The van der Waals surface area contributed by atoms with Crippen LogP contribution < -0.4 is 4.57 Å². The van der Waals surface area contributed by atoms with Gasteiger partial charge in [-0.05, 0) is 98.0 Å². The fraction of sp³-hybridized carbons (Fsp3) is 0.268. The zero-order valence-corrected chi connectivity index (χ0v) is 28.4. The molecule has 0 aliphatic carbocycles. The molecule has 0 unspecified atom stereocenters. The molecule has 0 bridgehead atoms. The number of hydrogen-bond donors (Lipinski definition) is 0. The quantitative estimate of drug-likeness (QED) is 0.0902. The maximum Gasteiger partial charge on any atom is 0.239 e. The third kappa shape index (κ3) is 7.17. The van der Waals surface area contributed by atoms with Gasteiger partial charge in [-0.15, -0.1) is 4.57 Å². The Labute approximate surface area is 278 Å². The lowest BCUT2D eigenvalue weighted by Gasteiger charge is -2.24. The van der Waals surface area contributed by atoms with Gasteiger partial charge in [0, 0.05) is 24.3 Å². The lowest BCUT2D eigenvalue weighted by Crippen LogP contribution is -2.33. The molecule has 0 spiro atoms. The summed E-state index contributed by atoms with van der Waals surface area (Å²) in [7, 11) is 0. The molecule has 1 heterocycles. The van der Waals surface area contributed by atoms with Gasteiger partial charge < -0.3 is 0 Å². The fourth-order valence-electron chi connectivity index (χ4n) is 6.25. The molecule has 6 rings (SSSR count). The number of nitrogens with zero attached hydrogens (tertiary/aromatic N) is 6. The summed E-state index contributed by atoms with van der Waals surface area (Å²) in [6.45, 7) is 15.4. The molecule has 236 valence electrons. The summed E-state index contributed by atoms with van der Waals surface area (Å²) < 4.78 is 2.23. The summed E-state index contributed by atoms with van der Waals surface area (Å²) in [5, 5.41) is 18.6. The average molecular weight is 620 g/mol.